The summed E-state index contributed by atoms with van der Waals surface area (Å²) in [5, 5.41) is -0.459. The van der Waals surface area contributed by atoms with E-state index in [0.717, 1.165) is 16.7 Å². The van der Waals surface area contributed by atoms with Gasteiger partial charge in [-0.3, -0.25) is 8.98 Å². The molecule has 0 aliphatic carbocycles. The first kappa shape index (κ1) is 25.5. The van der Waals surface area contributed by atoms with Crippen LogP contribution in [-0.2, 0) is 28.6 Å². The molecule has 0 bridgehead atoms. The van der Waals surface area contributed by atoms with Gasteiger partial charge in [-0.05, 0) is 30.2 Å². The summed E-state index contributed by atoms with van der Waals surface area (Å²) < 4.78 is 37.8. The van der Waals surface area contributed by atoms with Crippen LogP contribution in [0.3, 0.4) is 0 Å². The lowest BCUT2D eigenvalue weighted by molar-refractivity contribution is -0.171. The number of nitrogens with zero attached hydrogens (tertiary/aromatic N) is 1. The molecule has 0 radical (unpaired) electrons. The third-order valence-electron chi connectivity index (χ3n) is 6.44. The number of β-lactam (4-membered cyclic amide) rings is 1. The fraction of sp³-hybridized carbons (Fsp3) is 0.259. The molecule has 0 saturated carbocycles. The Morgan fingerprint density at radius 2 is 1.54 bits per heavy atom. The predicted octanol–water partition coefficient (Wildman–Crippen LogP) is 3.01. The van der Waals surface area contributed by atoms with Gasteiger partial charge in [-0.15, -0.1) is 11.8 Å². The number of carbonyl (C=O) groups is 2. The number of carbonyl (C=O) groups excluding carboxylic acids is 2. The highest BCUT2D eigenvalue weighted by Crippen LogP contribution is 2.40. The Balaban J connectivity index is 1.46. The number of hydrogen-bond acceptors (Lipinski definition) is 8. The van der Waals surface area contributed by atoms with Crippen molar-refractivity contribution in [1.29, 1.82) is 0 Å². The van der Waals surface area contributed by atoms with E-state index in [4.69, 9.17) is 14.7 Å². The van der Waals surface area contributed by atoms with E-state index in [9.17, 15) is 18.0 Å². The van der Waals surface area contributed by atoms with Gasteiger partial charge in [0.25, 0.3) is 10.1 Å². The molecule has 2 N–H and O–H groups in total. The summed E-state index contributed by atoms with van der Waals surface area (Å²) in [4.78, 5) is 27.7. The van der Waals surface area contributed by atoms with Crippen LogP contribution in [0.2, 0.25) is 0 Å². The molecule has 2 heterocycles. The van der Waals surface area contributed by atoms with Crippen LogP contribution in [0.25, 0.3) is 0 Å². The van der Waals surface area contributed by atoms with Crippen molar-refractivity contribution in [3.05, 3.63) is 102 Å². The largest absolute Gasteiger partial charge is 0.451 e. The van der Waals surface area contributed by atoms with Crippen LogP contribution < -0.4 is 5.73 Å². The second-order valence-corrected chi connectivity index (χ2v) is 11.7. The van der Waals surface area contributed by atoms with Crippen molar-refractivity contribution in [1.82, 2.24) is 4.90 Å². The van der Waals surface area contributed by atoms with E-state index in [0.29, 0.717) is 0 Å². The summed E-state index contributed by atoms with van der Waals surface area (Å²) in [5.41, 5.74) is 8.34. The van der Waals surface area contributed by atoms with Gasteiger partial charge in [-0.25, -0.2) is 4.79 Å². The van der Waals surface area contributed by atoms with Crippen molar-refractivity contribution in [2.75, 3.05) is 5.75 Å². The molecule has 37 heavy (non-hydrogen) atoms. The maximum Gasteiger partial charge on any atom is 0.332 e. The quantitative estimate of drug-likeness (QED) is 0.277. The van der Waals surface area contributed by atoms with Crippen molar-refractivity contribution in [2.24, 2.45) is 5.73 Å². The summed E-state index contributed by atoms with van der Waals surface area (Å²) >= 11 is 1.29. The minimum absolute atomic E-state index is 0.0320. The van der Waals surface area contributed by atoms with Crippen molar-refractivity contribution in [3.8, 4) is 0 Å². The number of benzene rings is 3. The SMILES string of the molecule is Cc1ccc(S(=O)(=O)OC2CS[C@H]3[C@H](N)C(=O)N3C2C(=O)OC(c2ccccc2)c2ccccc2)cc1. The number of fused-ring (bicyclic) bond motifs is 1. The fourth-order valence-electron chi connectivity index (χ4n) is 4.49. The van der Waals surface area contributed by atoms with Gasteiger partial charge in [0.05, 0.1) is 4.90 Å². The van der Waals surface area contributed by atoms with Crippen LogP contribution in [-0.4, -0.2) is 54.5 Å². The molecular weight excluding hydrogens is 512 g/mol. The third kappa shape index (κ3) is 5.02. The van der Waals surface area contributed by atoms with E-state index < -0.39 is 51.7 Å². The summed E-state index contributed by atoms with van der Waals surface area (Å²) in [7, 11) is -4.21. The summed E-state index contributed by atoms with van der Waals surface area (Å²) in [6.07, 6.45) is -1.91. The Morgan fingerprint density at radius 3 is 2.11 bits per heavy atom. The fourth-order valence-corrected chi connectivity index (χ4v) is 7.01. The lowest BCUT2D eigenvalue weighted by Gasteiger charge is -2.53. The molecule has 2 unspecified atom stereocenters. The zero-order valence-electron chi connectivity index (χ0n) is 20.0. The van der Waals surface area contributed by atoms with Crippen LogP contribution in [0.15, 0.2) is 89.8 Å². The zero-order chi connectivity index (χ0) is 26.2. The number of hydrogen-bond donors (Lipinski definition) is 1. The summed E-state index contributed by atoms with van der Waals surface area (Å²) in [6.45, 7) is 1.84. The maximum absolute atomic E-state index is 13.7. The van der Waals surface area contributed by atoms with Crippen LogP contribution in [0.1, 0.15) is 22.8 Å². The van der Waals surface area contributed by atoms with Crippen LogP contribution >= 0.6 is 11.8 Å². The Hall–Kier alpha value is -3.18. The molecule has 3 aromatic carbocycles. The Kier molecular flexibility index (Phi) is 7.09. The highest BCUT2D eigenvalue weighted by molar-refractivity contribution is 8.00. The van der Waals surface area contributed by atoms with E-state index in [-0.39, 0.29) is 10.6 Å². The first-order valence-corrected chi connectivity index (χ1v) is 14.2. The number of amides is 1. The molecule has 2 aliphatic heterocycles. The molecule has 1 amide bonds. The predicted molar refractivity (Wildman–Crippen MR) is 139 cm³/mol. The van der Waals surface area contributed by atoms with E-state index >= 15 is 0 Å². The number of thioether (sulfide) groups is 1. The molecule has 0 spiro atoms. The Labute approximate surface area is 219 Å². The number of esters is 1. The van der Waals surface area contributed by atoms with Crippen molar-refractivity contribution in [2.45, 2.75) is 41.5 Å². The second-order valence-electron chi connectivity index (χ2n) is 8.98. The highest BCUT2D eigenvalue weighted by Gasteiger charge is 2.58. The van der Waals surface area contributed by atoms with Gasteiger partial charge in [-0.2, -0.15) is 8.42 Å². The van der Waals surface area contributed by atoms with Gasteiger partial charge in [0.2, 0.25) is 5.91 Å². The van der Waals surface area contributed by atoms with Gasteiger partial charge in [-0.1, -0.05) is 78.4 Å². The molecular formula is C27H26N2O6S2. The number of ether oxygens (including phenoxy) is 1. The highest BCUT2D eigenvalue weighted by atomic mass is 32.2. The normalized spacial score (nSPS) is 23.3. The van der Waals surface area contributed by atoms with Gasteiger partial charge in [0.1, 0.15) is 17.5 Å². The minimum atomic E-state index is -4.21. The van der Waals surface area contributed by atoms with E-state index in [2.05, 4.69) is 0 Å². The number of aryl methyl sites for hydroxylation is 1. The number of nitrogens with two attached hydrogens (primary N) is 1. The lowest BCUT2D eigenvalue weighted by Crippen LogP contribution is -2.75. The Bertz CT molecular complexity index is 1340. The minimum Gasteiger partial charge on any atom is -0.451 e. The molecule has 8 nitrogen and oxygen atoms in total. The van der Waals surface area contributed by atoms with Crippen molar-refractivity contribution < 1.29 is 26.9 Å². The van der Waals surface area contributed by atoms with Crippen LogP contribution in [0.4, 0.5) is 0 Å². The average Bonchev–Trinajstić information content (AvgIpc) is 2.92. The standard InChI is InChI=1S/C27H26N2O6S2/c1-17-12-14-20(15-13-17)37(32,33)35-21-16-36-26-22(28)25(30)29(26)23(21)27(31)34-24(18-8-4-2-5-9-18)19-10-6-3-7-11-19/h2-15,21-24,26H,16,28H2,1H3/t21?,22-,23?,26+/m1/s1. The lowest BCUT2D eigenvalue weighted by atomic mass is 9.99. The monoisotopic (exact) mass is 538 g/mol. The zero-order valence-corrected chi connectivity index (χ0v) is 21.6. The molecule has 10 heteroatoms. The molecule has 2 aliphatic rings. The van der Waals surface area contributed by atoms with E-state index in [1.165, 1.54) is 28.8 Å². The van der Waals surface area contributed by atoms with Gasteiger partial charge in [0.15, 0.2) is 12.1 Å². The topological polar surface area (TPSA) is 116 Å². The Morgan fingerprint density at radius 1 is 0.973 bits per heavy atom. The molecule has 5 rings (SSSR count). The van der Waals surface area contributed by atoms with Crippen molar-refractivity contribution in [3.63, 3.8) is 0 Å². The molecule has 4 atom stereocenters. The average molecular weight is 539 g/mol. The molecule has 192 valence electrons. The first-order valence-electron chi connectivity index (χ1n) is 11.8. The molecule has 2 fully saturated rings. The van der Waals surface area contributed by atoms with Gasteiger partial charge >= 0.3 is 5.97 Å². The maximum atomic E-state index is 13.7. The van der Waals surface area contributed by atoms with Crippen LogP contribution in [0, 0.1) is 6.92 Å². The number of rotatable bonds is 7. The van der Waals surface area contributed by atoms with Gasteiger partial charge < -0.3 is 15.4 Å². The summed E-state index contributed by atoms with van der Waals surface area (Å²) in [5.74, 6) is -1.06. The molecule has 0 aromatic heterocycles. The van der Waals surface area contributed by atoms with E-state index in [1.54, 1.807) is 12.1 Å². The smallest absolute Gasteiger partial charge is 0.332 e. The summed E-state index contributed by atoms with van der Waals surface area (Å²) in [6, 6.07) is 22.6. The van der Waals surface area contributed by atoms with Crippen molar-refractivity contribution >= 4 is 33.8 Å². The van der Waals surface area contributed by atoms with Crippen LogP contribution in [0.5, 0.6) is 0 Å². The second kappa shape index (κ2) is 10.3. The first-order chi connectivity index (χ1) is 17.8. The van der Waals surface area contributed by atoms with Gasteiger partial charge in [0, 0.05) is 5.75 Å². The van der Waals surface area contributed by atoms with E-state index in [1.807, 2.05) is 67.6 Å². The molecule has 3 aromatic rings. The third-order valence-corrected chi connectivity index (χ3v) is 9.18. The molecule has 2 saturated heterocycles.